The normalized spacial score (nSPS) is 10.4. The van der Waals surface area contributed by atoms with Crippen LogP contribution in [0.3, 0.4) is 0 Å². The number of rotatable bonds is 7. The van der Waals surface area contributed by atoms with Crippen LogP contribution >= 0.6 is 11.6 Å². The molecule has 0 aliphatic heterocycles. The molecule has 0 saturated heterocycles. The Hall–Kier alpha value is -1.98. The Morgan fingerprint density at radius 1 is 1.14 bits per heavy atom. The summed E-state index contributed by atoms with van der Waals surface area (Å²) in [4.78, 5) is 11.6. The van der Waals surface area contributed by atoms with Gasteiger partial charge in [0.15, 0.2) is 0 Å². The second-order valence-corrected chi connectivity index (χ2v) is 4.72. The number of benzene rings is 1. The molecule has 0 atom stereocenters. The predicted molar refractivity (Wildman–Crippen MR) is 79.9 cm³/mol. The molecule has 1 aromatic heterocycles. The van der Waals surface area contributed by atoms with E-state index in [0.717, 1.165) is 5.75 Å². The molecule has 2 aromatic rings. The number of nitrogens with two attached hydrogens (primary N) is 1. The summed E-state index contributed by atoms with van der Waals surface area (Å²) in [7, 11) is 0. The second kappa shape index (κ2) is 7.71. The highest BCUT2D eigenvalue weighted by Gasteiger charge is 2.03. The maximum atomic E-state index is 11.6. The lowest BCUT2D eigenvalue weighted by atomic mass is 10.3. The van der Waals surface area contributed by atoms with Crippen molar-refractivity contribution in [1.82, 2.24) is 0 Å². The molecule has 0 bridgehead atoms. The van der Waals surface area contributed by atoms with Gasteiger partial charge in [0.25, 0.3) is 0 Å². The molecule has 1 heterocycles. The van der Waals surface area contributed by atoms with Crippen molar-refractivity contribution in [3.63, 3.8) is 0 Å². The number of ether oxygens (including phenoxy) is 2. The van der Waals surface area contributed by atoms with Crippen molar-refractivity contribution < 1.29 is 13.9 Å². The zero-order valence-electron chi connectivity index (χ0n) is 11.4. The van der Waals surface area contributed by atoms with Crippen LogP contribution in [0.15, 0.2) is 45.8 Å². The molecule has 0 amide bonds. The molecule has 2 rings (SSSR count). The number of halogens is 1. The van der Waals surface area contributed by atoms with E-state index < -0.39 is 0 Å². The Balaban J connectivity index is 1.72. The minimum absolute atomic E-state index is 0.179. The van der Waals surface area contributed by atoms with Crippen molar-refractivity contribution in [3.8, 4) is 11.5 Å². The third kappa shape index (κ3) is 4.81. The van der Waals surface area contributed by atoms with Crippen LogP contribution in [-0.2, 0) is 6.54 Å². The van der Waals surface area contributed by atoms with Gasteiger partial charge in [-0.05, 0) is 24.3 Å². The first-order valence-electron chi connectivity index (χ1n) is 6.52. The van der Waals surface area contributed by atoms with E-state index in [0.29, 0.717) is 30.4 Å². The molecule has 0 fully saturated rings. The SMILES string of the molecule is NCc1cc(=O)c(OCCCOc2ccc(Cl)cc2)co1. The standard InChI is InChI=1S/C15H16ClNO4/c16-11-2-4-12(5-3-11)19-6-1-7-20-15-10-21-13(9-17)8-14(15)18/h2-5,8,10H,1,6-7,9,17H2. The third-order valence-corrected chi connectivity index (χ3v) is 2.93. The molecule has 112 valence electrons. The van der Waals surface area contributed by atoms with Gasteiger partial charge >= 0.3 is 0 Å². The maximum Gasteiger partial charge on any atom is 0.227 e. The average Bonchev–Trinajstić information content (AvgIpc) is 2.50. The molecule has 0 spiro atoms. The van der Waals surface area contributed by atoms with E-state index in [1.807, 2.05) is 0 Å². The van der Waals surface area contributed by atoms with Crippen molar-refractivity contribution >= 4 is 11.6 Å². The Labute approximate surface area is 127 Å². The summed E-state index contributed by atoms with van der Waals surface area (Å²) in [6.45, 7) is 1.03. The third-order valence-electron chi connectivity index (χ3n) is 2.68. The van der Waals surface area contributed by atoms with Crippen molar-refractivity contribution in [2.24, 2.45) is 5.73 Å². The van der Waals surface area contributed by atoms with Crippen LogP contribution in [0, 0.1) is 0 Å². The van der Waals surface area contributed by atoms with E-state index in [4.69, 9.17) is 31.2 Å². The van der Waals surface area contributed by atoms with Gasteiger partial charge in [0, 0.05) is 17.5 Å². The molecule has 0 saturated carbocycles. The minimum atomic E-state index is -0.236. The highest BCUT2D eigenvalue weighted by Crippen LogP contribution is 2.15. The van der Waals surface area contributed by atoms with Crippen molar-refractivity contribution in [2.45, 2.75) is 13.0 Å². The molecule has 0 radical (unpaired) electrons. The van der Waals surface area contributed by atoms with Crippen LogP contribution in [0.2, 0.25) is 5.02 Å². The summed E-state index contributed by atoms with van der Waals surface area (Å²) in [6.07, 6.45) is 1.92. The number of hydrogen-bond acceptors (Lipinski definition) is 5. The van der Waals surface area contributed by atoms with E-state index in [-0.39, 0.29) is 17.7 Å². The van der Waals surface area contributed by atoms with Gasteiger partial charge in [0.05, 0.1) is 19.8 Å². The molecular formula is C15H16ClNO4. The first-order chi connectivity index (χ1) is 10.2. The summed E-state index contributed by atoms with van der Waals surface area (Å²) in [5.41, 5.74) is 5.14. The predicted octanol–water partition coefficient (Wildman–Crippen LogP) is 2.60. The summed E-state index contributed by atoms with van der Waals surface area (Å²) < 4.78 is 16.0. The van der Waals surface area contributed by atoms with Gasteiger partial charge in [-0.25, -0.2) is 0 Å². The van der Waals surface area contributed by atoms with Gasteiger partial charge in [-0.1, -0.05) is 11.6 Å². The molecule has 0 aliphatic carbocycles. The van der Waals surface area contributed by atoms with E-state index in [9.17, 15) is 4.79 Å². The molecule has 6 heteroatoms. The van der Waals surface area contributed by atoms with Crippen molar-refractivity contribution in [2.75, 3.05) is 13.2 Å². The van der Waals surface area contributed by atoms with E-state index in [2.05, 4.69) is 0 Å². The summed E-state index contributed by atoms with van der Waals surface area (Å²) in [5.74, 6) is 1.35. The average molecular weight is 310 g/mol. The minimum Gasteiger partial charge on any atom is -0.493 e. The topological polar surface area (TPSA) is 74.7 Å². The molecular weight excluding hydrogens is 294 g/mol. The summed E-state index contributed by atoms with van der Waals surface area (Å²) >= 11 is 5.78. The van der Waals surface area contributed by atoms with Gasteiger partial charge in [-0.2, -0.15) is 0 Å². The zero-order chi connectivity index (χ0) is 15.1. The van der Waals surface area contributed by atoms with Gasteiger partial charge in [0.2, 0.25) is 11.2 Å². The van der Waals surface area contributed by atoms with E-state index in [1.165, 1.54) is 12.3 Å². The van der Waals surface area contributed by atoms with Gasteiger partial charge in [-0.15, -0.1) is 0 Å². The van der Waals surface area contributed by atoms with E-state index >= 15 is 0 Å². The Morgan fingerprint density at radius 3 is 2.52 bits per heavy atom. The van der Waals surface area contributed by atoms with Crippen LogP contribution in [-0.4, -0.2) is 13.2 Å². The first kappa shape index (κ1) is 15.4. The fourth-order valence-corrected chi connectivity index (χ4v) is 1.74. The molecule has 0 unspecified atom stereocenters. The molecule has 1 aromatic carbocycles. The quantitative estimate of drug-likeness (QED) is 0.796. The maximum absolute atomic E-state index is 11.6. The van der Waals surface area contributed by atoms with Gasteiger partial charge < -0.3 is 19.6 Å². The smallest absolute Gasteiger partial charge is 0.227 e. The lowest BCUT2D eigenvalue weighted by Crippen LogP contribution is -2.12. The monoisotopic (exact) mass is 309 g/mol. The van der Waals surface area contributed by atoms with Crippen LogP contribution in [0.1, 0.15) is 12.2 Å². The van der Waals surface area contributed by atoms with Crippen LogP contribution in [0.5, 0.6) is 11.5 Å². The molecule has 21 heavy (non-hydrogen) atoms. The lowest BCUT2D eigenvalue weighted by Gasteiger charge is -2.07. The van der Waals surface area contributed by atoms with Crippen molar-refractivity contribution in [1.29, 1.82) is 0 Å². The van der Waals surface area contributed by atoms with Crippen molar-refractivity contribution in [3.05, 3.63) is 57.6 Å². The molecule has 5 nitrogen and oxygen atoms in total. The molecule has 2 N–H and O–H groups in total. The second-order valence-electron chi connectivity index (χ2n) is 4.28. The lowest BCUT2D eigenvalue weighted by molar-refractivity contribution is 0.241. The summed E-state index contributed by atoms with van der Waals surface area (Å²) in [5, 5.41) is 0.665. The largest absolute Gasteiger partial charge is 0.493 e. The van der Waals surface area contributed by atoms with Crippen LogP contribution in [0.25, 0.3) is 0 Å². The van der Waals surface area contributed by atoms with Crippen LogP contribution in [0.4, 0.5) is 0 Å². The molecule has 0 aliphatic rings. The fraction of sp³-hybridized carbons (Fsp3) is 0.267. The van der Waals surface area contributed by atoms with Gasteiger partial charge in [0.1, 0.15) is 17.8 Å². The van der Waals surface area contributed by atoms with Crippen LogP contribution < -0.4 is 20.6 Å². The Kier molecular flexibility index (Phi) is 5.66. The highest BCUT2D eigenvalue weighted by molar-refractivity contribution is 6.30. The highest BCUT2D eigenvalue weighted by atomic mass is 35.5. The first-order valence-corrected chi connectivity index (χ1v) is 6.90. The Bertz CT molecular complexity index is 624. The number of hydrogen-bond donors (Lipinski definition) is 1. The van der Waals surface area contributed by atoms with Gasteiger partial charge in [-0.3, -0.25) is 4.79 Å². The fourth-order valence-electron chi connectivity index (χ4n) is 1.61. The zero-order valence-corrected chi connectivity index (χ0v) is 12.1. The van der Waals surface area contributed by atoms with E-state index in [1.54, 1.807) is 24.3 Å². The summed E-state index contributed by atoms with van der Waals surface area (Å²) in [6, 6.07) is 8.45. The Morgan fingerprint density at radius 2 is 1.86 bits per heavy atom.